The Bertz CT molecular complexity index is 481. The van der Waals surface area contributed by atoms with Crippen molar-refractivity contribution in [3.05, 3.63) is 36.2 Å². The van der Waals surface area contributed by atoms with E-state index < -0.39 is 11.9 Å². The van der Waals surface area contributed by atoms with Gasteiger partial charge in [0, 0.05) is 0 Å². The Labute approximate surface area is 91.6 Å². The largest absolute Gasteiger partial charge is 0.448 e. The fourth-order valence-electron chi connectivity index (χ4n) is 1.26. The summed E-state index contributed by atoms with van der Waals surface area (Å²) in [6, 6.07) is 7.21. The lowest BCUT2D eigenvalue weighted by Gasteiger charge is -2.17. The van der Waals surface area contributed by atoms with Crippen molar-refractivity contribution in [3.8, 4) is 5.75 Å². The molecule has 0 aliphatic carbocycles. The second kappa shape index (κ2) is 3.93. The van der Waals surface area contributed by atoms with Gasteiger partial charge in [-0.15, -0.1) is 0 Å². The van der Waals surface area contributed by atoms with Crippen molar-refractivity contribution >= 4 is 17.6 Å². The van der Waals surface area contributed by atoms with Gasteiger partial charge in [0.15, 0.2) is 11.7 Å². The molecule has 6 heteroatoms. The third-order valence-corrected chi connectivity index (χ3v) is 1.94. The average Bonchev–Trinajstić information content (AvgIpc) is 2.27. The first-order chi connectivity index (χ1) is 7.66. The van der Waals surface area contributed by atoms with Crippen LogP contribution in [0.25, 0.3) is 0 Å². The van der Waals surface area contributed by atoms with E-state index in [9.17, 15) is 4.79 Å². The summed E-state index contributed by atoms with van der Waals surface area (Å²) in [5.41, 5.74) is 5.82. The van der Waals surface area contributed by atoms with Crippen molar-refractivity contribution < 1.29 is 9.53 Å². The number of nitrogens with two attached hydrogens (primary N) is 1. The molecule has 1 aliphatic heterocycles. The van der Waals surface area contributed by atoms with Gasteiger partial charge in [-0.3, -0.25) is 15.5 Å². The number of para-hydroxylation sites is 2. The van der Waals surface area contributed by atoms with Crippen LogP contribution in [-0.2, 0) is 4.79 Å². The van der Waals surface area contributed by atoms with Crippen molar-refractivity contribution in [3.63, 3.8) is 0 Å². The molecule has 0 saturated carbocycles. The monoisotopic (exact) mass is 218 g/mol. The van der Waals surface area contributed by atoms with Gasteiger partial charge < -0.3 is 15.8 Å². The molecular formula is C10H10N4O2. The van der Waals surface area contributed by atoms with E-state index in [1.165, 1.54) is 6.20 Å². The van der Waals surface area contributed by atoms with Crippen molar-refractivity contribution in [2.24, 2.45) is 5.73 Å². The number of nitrogens with one attached hydrogen (secondary N) is 3. The molecule has 16 heavy (non-hydrogen) atoms. The zero-order valence-corrected chi connectivity index (χ0v) is 8.28. The van der Waals surface area contributed by atoms with E-state index in [2.05, 4.69) is 10.6 Å². The topological polar surface area (TPSA) is 100 Å². The van der Waals surface area contributed by atoms with Gasteiger partial charge in [0.05, 0.1) is 11.9 Å². The Morgan fingerprint density at radius 1 is 1.44 bits per heavy atom. The molecule has 5 N–H and O–H groups in total. The number of ether oxygens (including phenoxy) is 1. The molecule has 0 unspecified atom stereocenters. The van der Waals surface area contributed by atoms with E-state index in [4.69, 9.17) is 15.9 Å². The van der Waals surface area contributed by atoms with Crippen LogP contribution in [0, 0.1) is 5.41 Å². The average molecular weight is 218 g/mol. The zero-order chi connectivity index (χ0) is 11.5. The van der Waals surface area contributed by atoms with Crippen LogP contribution in [-0.4, -0.2) is 11.9 Å². The fraction of sp³-hybridized carbons (Fsp3) is 0. The molecule has 1 aliphatic rings. The Morgan fingerprint density at radius 3 is 2.94 bits per heavy atom. The van der Waals surface area contributed by atoms with Gasteiger partial charge in [0.1, 0.15) is 0 Å². The molecule has 1 amide bonds. The van der Waals surface area contributed by atoms with Gasteiger partial charge in [-0.2, -0.15) is 0 Å². The predicted molar refractivity (Wildman–Crippen MR) is 58.8 cm³/mol. The molecule has 82 valence electrons. The smallest absolute Gasteiger partial charge is 0.295 e. The summed E-state index contributed by atoms with van der Waals surface area (Å²) in [6.07, 6.45) is 1.42. The lowest BCUT2D eigenvalue weighted by atomic mass is 10.2. The molecule has 1 aromatic rings. The lowest BCUT2D eigenvalue weighted by Crippen LogP contribution is -2.38. The van der Waals surface area contributed by atoms with Gasteiger partial charge in [-0.05, 0) is 12.1 Å². The number of benzene rings is 1. The minimum absolute atomic E-state index is 0.0638. The first-order valence-corrected chi connectivity index (χ1v) is 4.56. The van der Waals surface area contributed by atoms with Crippen molar-refractivity contribution in [2.75, 3.05) is 5.32 Å². The standard InChI is InChI=1S/C10H10N4O2/c11-10(12)14-9(15)8-5-13-6-3-1-2-4-7(6)16-8/h1-5,13H,(H4,11,12,14,15). The Balaban J connectivity index is 2.15. The molecule has 0 saturated heterocycles. The van der Waals surface area contributed by atoms with E-state index in [1.807, 2.05) is 12.1 Å². The minimum atomic E-state index is -0.561. The molecule has 0 atom stereocenters. The Morgan fingerprint density at radius 2 is 2.19 bits per heavy atom. The molecule has 0 spiro atoms. The lowest BCUT2D eigenvalue weighted by molar-refractivity contribution is -0.118. The quantitative estimate of drug-likeness (QED) is 0.403. The number of guanidine groups is 1. The number of carbonyl (C=O) groups is 1. The number of amides is 1. The first-order valence-electron chi connectivity index (χ1n) is 4.56. The molecule has 1 heterocycles. The van der Waals surface area contributed by atoms with Crippen LogP contribution < -0.4 is 21.1 Å². The van der Waals surface area contributed by atoms with Crippen LogP contribution in [0.3, 0.4) is 0 Å². The maximum atomic E-state index is 11.5. The van der Waals surface area contributed by atoms with Crippen LogP contribution in [0.2, 0.25) is 0 Å². The number of hydrogen-bond donors (Lipinski definition) is 4. The van der Waals surface area contributed by atoms with Gasteiger partial charge in [0.2, 0.25) is 5.76 Å². The van der Waals surface area contributed by atoms with Crippen molar-refractivity contribution in [1.29, 1.82) is 5.41 Å². The molecule has 1 aromatic carbocycles. The summed E-state index contributed by atoms with van der Waals surface area (Å²) in [7, 11) is 0. The summed E-state index contributed by atoms with van der Waals surface area (Å²) in [5, 5.41) is 12.0. The van der Waals surface area contributed by atoms with Crippen LogP contribution in [0.15, 0.2) is 36.2 Å². The summed E-state index contributed by atoms with van der Waals surface area (Å²) >= 11 is 0. The number of anilines is 1. The molecule has 0 radical (unpaired) electrons. The molecule has 0 aromatic heterocycles. The van der Waals surface area contributed by atoms with Crippen LogP contribution >= 0.6 is 0 Å². The molecular weight excluding hydrogens is 208 g/mol. The summed E-state index contributed by atoms with van der Waals surface area (Å²) in [5.74, 6) is -0.365. The number of rotatable bonds is 1. The van der Waals surface area contributed by atoms with Gasteiger partial charge in [-0.1, -0.05) is 12.1 Å². The molecule has 2 rings (SSSR count). The van der Waals surface area contributed by atoms with Crippen molar-refractivity contribution in [2.45, 2.75) is 0 Å². The molecule has 6 nitrogen and oxygen atoms in total. The second-order valence-electron chi connectivity index (χ2n) is 3.12. The summed E-state index contributed by atoms with van der Waals surface area (Å²) in [6.45, 7) is 0. The summed E-state index contributed by atoms with van der Waals surface area (Å²) < 4.78 is 5.33. The highest BCUT2D eigenvalue weighted by atomic mass is 16.5. The minimum Gasteiger partial charge on any atom is -0.448 e. The Hall–Kier alpha value is -2.50. The predicted octanol–water partition coefficient (Wildman–Crippen LogP) is 0.342. The summed E-state index contributed by atoms with van der Waals surface area (Å²) in [4.78, 5) is 11.5. The number of hydrogen-bond acceptors (Lipinski definition) is 4. The Kier molecular flexibility index (Phi) is 2.47. The maximum Gasteiger partial charge on any atom is 0.295 e. The third kappa shape index (κ3) is 1.95. The van der Waals surface area contributed by atoms with Gasteiger partial charge in [-0.25, -0.2) is 0 Å². The van der Waals surface area contributed by atoms with E-state index in [1.54, 1.807) is 12.1 Å². The number of fused-ring (bicyclic) bond motifs is 1. The highest BCUT2D eigenvalue weighted by Gasteiger charge is 2.18. The van der Waals surface area contributed by atoms with Crippen LogP contribution in [0.1, 0.15) is 0 Å². The van der Waals surface area contributed by atoms with E-state index >= 15 is 0 Å². The SMILES string of the molecule is N=C(N)NC(=O)C1=CNc2ccccc2O1. The third-order valence-electron chi connectivity index (χ3n) is 1.94. The zero-order valence-electron chi connectivity index (χ0n) is 8.28. The fourth-order valence-corrected chi connectivity index (χ4v) is 1.26. The highest BCUT2D eigenvalue weighted by molar-refractivity contribution is 6.03. The first kappa shape index (κ1) is 10.0. The van der Waals surface area contributed by atoms with E-state index in [0.717, 1.165) is 5.69 Å². The maximum absolute atomic E-state index is 11.5. The van der Waals surface area contributed by atoms with Gasteiger partial charge >= 0.3 is 0 Å². The normalized spacial score (nSPS) is 12.6. The number of carbonyl (C=O) groups excluding carboxylic acids is 1. The van der Waals surface area contributed by atoms with Crippen LogP contribution in [0.5, 0.6) is 5.75 Å². The van der Waals surface area contributed by atoms with Crippen molar-refractivity contribution in [1.82, 2.24) is 5.32 Å². The molecule has 0 bridgehead atoms. The highest BCUT2D eigenvalue weighted by Crippen LogP contribution is 2.28. The van der Waals surface area contributed by atoms with Gasteiger partial charge in [0.25, 0.3) is 5.91 Å². The van der Waals surface area contributed by atoms with E-state index in [0.29, 0.717) is 5.75 Å². The second-order valence-corrected chi connectivity index (χ2v) is 3.12. The van der Waals surface area contributed by atoms with Crippen LogP contribution in [0.4, 0.5) is 5.69 Å². The molecule has 0 fully saturated rings. The van der Waals surface area contributed by atoms with E-state index in [-0.39, 0.29) is 5.76 Å².